The van der Waals surface area contributed by atoms with E-state index in [1.54, 1.807) is 0 Å². The number of halogens is 3. The molecule has 0 fully saturated rings. The molecule has 0 aliphatic carbocycles. The van der Waals surface area contributed by atoms with Crippen LogP contribution in [0.5, 0.6) is 5.75 Å². The van der Waals surface area contributed by atoms with Crippen molar-refractivity contribution in [2.24, 2.45) is 0 Å². The molecule has 2 rings (SSSR count). The lowest BCUT2D eigenvalue weighted by Crippen LogP contribution is -2.05. The normalized spacial score (nSPS) is 11.0. The maximum atomic E-state index is 12.8. The molecule has 2 aromatic rings. The van der Waals surface area contributed by atoms with Gasteiger partial charge in [0.2, 0.25) is 0 Å². The summed E-state index contributed by atoms with van der Waals surface area (Å²) in [6.07, 6.45) is 3.19. The Balaban J connectivity index is 1.70. The Labute approximate surface area is 154 Å². The van der Waals surface area contributed by atoms with Gasteiger partial charge in [-0.1, -0.05) is 12.1 Å². The Kier molecular flexibility index (Phi) is 7.61. The maximum Gasteiger partial charge on any atom is 0.387 e. The van der Waals surface area contributed by atoms with Crippen LogP contribution in [-0.4, -0.2) is 25.0 Å². The number of benzene rings is 2. The second-order valence-corrected chi connectivity index (χ2v) is 5.48. The van der Waals surface area contributed by atoms with Crippen LogP contribution in [0.3, 0.4) is 0 Å². The van der Waals surface area contributed by atoms with E-state index in [1.807, 2.05) is 0 Å². The minimum absolute atomic E-state index is 0.0237. The Morgan fingerprint density at radius 2 is 1.67 bits per heavy atom. The van der Waals surface area contributed by atoms with Crippen LogP contribution in [0.2, 0.25) is 0 Å². The predicted octanol–water partition coefficient (Wildman–Crippen LogP) is 4.65. The smallest absolute Gasteiger partial charge is 0.387 e. The number of carbonyl (C=O) groups is 2. The largest absolute Gasteiger partial charge is 0.463 e. The van der Waals surface area contributed by atoms with E-state index in [1.165, 1.54) is 60.7 Å². The van der Waals surface area contributed by atoms with Gasteiger partial charge in [0, 0.05) is 18.1 Å². The molecule has 27 heavy (non-hydrogen) atoms. The fourth-order valence-electron chi connectivity index (χ4n) is 2.16. The third-order valence-corrected chi connectivity index (χ3v) is 3.48. The summed E-state index contributed by atoms with van der Waals surface area (Å²) in [4.78, 5) is 23.5. The minimum Gasteiger partial charge on any atom is -0.463 e. The zero-order chi connectivity index (χ0) is 19.6. The zero-order valence-electron chi connectivity index (χ0n) is 14.2. The molecular weight excluding hydrogens is 361 g/mol. The van der Waals surface area contributed by atoms with E-state index < -0.39 is 18.4 Å². The van der Waals surface area contributed by atoms with E-state index in [0.717, 1.165) is 0 Å². The van der Waals surface area contributed by atoms with Crippen LogP contribution < -0.4 is 4.74 Å². The van der Waals surface area contributed by atoms with Gasteiger partial charge in [-0.2, -0.15) is 8.78 Å². The van der Waals surface area contributed by atoms with E-state index in [0.29, 0.717) is 17.5 Å². The molecule has 0 unspecified atom stereocenters. The first kappa shape index (κ1) is 20.2. The Hall–Kier alpha value is -3.09. The summed E-state index contributed by atoms with van der Waals surface area (Å²) in [5.74, 6) is -1.14. The molecular formula is C20H17F3O4. The van der Waals surface area contributed by atoms with Crippen LogP contribution in [0, 0.1) is 5.82 Å². The van der Waals surface area contributed by atoms with Crippen molar-refractivity contribution < 1.29 is 32.2 Å². The number of hydrogen-bond donors (Lipinski definition) is 0. The van der Waals surface area contributed by atoms with Gasteiger partial charge in [-0.25, -0.2) is 9.18 Å². The molecule has 0 radical (unpaired) electrons. The highest BCUT2D eigenvalue weighted by molar-refractivity contribution is 5.96. The molecule has 2 aromatic carbocycles. The van der Waals surface area contributed by atoms with Gasteiger partial charge in [0.1, 0.15) is 11.6 Å². The van der Waals surface area contributed by atoms with Crippen molar-refractivity contribution in [2.45, 2.75) is 19.5 Å². The van der Waals surface area contributed by atoms with Crippen molar-refractivity contribution >= 4 is 17.8 Å². The lowest BCUT2D eigenvalue weighted by molar-refractivity contribution is -0.137. The van der Waals surface area contributed by atoms with Crippen molar-refractivity contribution in [2.75, 3.05) is 6.61 Å². The summed E-state index contributed by atoms with van der Waals surface area (Å²) < 4.78 is 46.1. The summed E-state index contributed by atoms with van der Waals surface area (Å²) in [6.45, 7) is -2.83. The Morgan fingerprint density at radius 1 is 1.00 bits per heavy atom. The summed E-state index contributed by atoms with van der Waals surface area (Å²) >= 11 is 0. The van der Waals surface area contributed by atoms with Crippen LogP contribution in [-0.2, 0) is 9.53 Å². The third kappa shape index (κ3) is 7.35. The molecule has 0 bridgehead atoms. The number of Topliss-reactive ketones (excluding diaryl/α,β-unsaturated/α-hetero) is 1. The van der Waals surface area contributed by atoms with Gasteiger partial charge in [-0.05, 0) is 54.5 Å². The standard InChI is InChI=1S/C20H17F3O4/c21-16-8-6-15(7-9-16)18(24)2-1-13-26-19(25)12-5-14-3-10-17(11-4-14)27-20(22)23/h3-12,20H,1-2,13H2. The van der Waals surface area contributed by atoms with Crippen LogP contribution >= 0.6 is 0 Å². The third-order valence-electron chi connectivity index (χ3n) is 3.48. The quantitative estimate of drug-likeness (QED) is 0.276. The molecule has 4 nitrogen and oxygen atoms in total. The number of alkyl halides is 2. The van der Waals surface area contributed by atoms with Crippen LogP contribution in [0.25, 0.3) is 6.08 Å². The first-order chi connectivity index (χ1) is 12.9. The first-order valence-electron chi connectivity index (χ1n) is 8.12. The van der Waals surface area contributed by atoms with E-state index >= 15 is 0 Å². The second kappa shape index (κ2) is 10.2. The van der Waals surface area contributed by atoms with Gasteiger partial charge in [-0.15, -0.1) is 0 Å². The lowest BCUT2D eigenvalue weighted by atomic mass is 10.1. The van der Waals surface area contributed by atoms with Crippen molar-refractivity contribution in [1.82, 2.24) is 0 Å². The molecule has 0 N–H and O–H groups in total. The highest BCUT2D eigenvalue weighted by Gasteiger charge is 2.07. The van der Waals surface area contributed by atoms with Crippen LogP contribution in [0.4, 0.5) is 13.2 Å². The topological polar surface area (TPSA) is 52.6 Å². The lowest BCUT2D eigenvalue weighted by Gasteiger charge is -2.04. The molecule has 0 spiro atoms. The van der Waals surface area contributed by atoms with Crippen molar-refractivity contribution in [1.29, 1.82) is 0 Å². The highest BCUT2D eigenvalue weighted by atomic mass is 19.3. The predicted molar refractivity (Wildman–Crippen MR) is 93.0 cm³/mol. The summed E-state index contributed by atoms with van der Waals surface area (Å²) in [7, 11) is 0. The Bertz CT molecular complexity index is 784. The first-order valence-corrected chi connectivity index (χ1v) is 8.12. The molecule has 7 heteroatoms. The SMILES string of the molecule is O=C(C=Cc1ccc(OC(F)F)cc1)OCCCC(=O)c1ccc(F)cc1. The average Bonchev–Trinajstić information content (AvgIpc) is 2.64. The second-order valence-electron chi connectivity index (χ2n) is 5.48. The number of esters is 1. The van der Waals surface area contributed by atoms with Crippen LogP contribution in [0.15, 0.2) is 54.6 Å². The van der Waals surface area contributed by atoms with Crippen molar-refractivity contribution in [3.8, 4) is 5.75 Å². The van der Waals surface area contributed by atoms with Gasteiger partial charge in [0.25, 0.3) is 0 Å². The molecule has 0 saturated carbocycles. The average molecular weight is 378 g/mol. The highest BCUT2D eigenvalue weighted by Crippen LogP contribution is 2.15. The number of ketones is 1. The zero-order valence-corrected chi connectivity index (χ0v) is 14.2. The van der Waals surface area contributed by atoms with E-state index in [4.69, 9.17) is 4.74 Å². The monoisotopic (exact) mass is 378 g/mol. The van der Waals surface area contributed by atoms with Crippen molar-refractivity contribution in [3.63, 3.8) is 0 Å². The minimum atomic E-state index is -2.89. The maximum absolute atomic E-state index is 12.8. The molecule has 0 atom stereocenters. The molecule has 0 amide bonds. The van der Waals surface area contributed by atoms with Crippen molar-refractivity contribution in [3.05, 3.63) is 71.6 Å². The number of hydrogen-bond acceptors (Lipinski definition) is 4. The fourth-order valence-corrected chi connectivity index (χ4v) is 2.16. The molecule has 0 aliphatic rings. The van der Waals surface area contributed by atoms with Gasteiger partial charge in [-0.3, -0.25) is 4.79 Å². The number of rotatable bonds is 9. The van der Waals surface area contributed by atoms with Crippen LogP contribution in [0.1, 0.15) is 28.8 Å². The summed E-state index contributed by atoms with van der Waals surface area (Å²) in [6, 6.07) is 11.0. The van der Waals surface area contributed by atoms with Gasteiger partial charge < -0.3 is 9.47 Å². The molecule has 0 heterocycles. The fraction of sp³-hybridized carbons (Fsp3) is 0.200. The number of ether oxygens (including phenoxy) is 2. The number of carbonyl (C=O) groups excluding carboxylic acids is 2. The van der Waals surface area contributed by atoms with E-state index in [9.17, 15) is 22.8 Å². The van der Waals surface area contributed by atoms with E-state index in [-0.39, 0.29) is 24.6 Å². The summed E-state index contributed by atoms with van der Waals surface area (Å²) in [5, 5.41) is 0. The summed E-state index contributed by atoms with van der Waals surface area (Å²) in [5.41, 5.74) is 1.02. The Morgan fingerprint density at radius 3 is 2.30 bits per heavy atom. The molecule has 142 valence electrons. The molecule has 0 aliphatic heterocycles. The van der Waals surface area contributed by atoms with Gasteiger partial charge >= 0.3 is 12.6 Å². The molecule has 0 aromatic heterocycles. The van der Waals surface area contributed by atoms with E-state index in [2.05, 4.69) is 4.74 Å². The molecule has 0 saturated heterocycles. The van der Waals surface area contributed by atoms with Gasteiger partial charge in [0.15, 0.2) is 5.78 Å². The van der Waals surface area contributed by atoms with Gasteiger partial charge in [0.05, 0.1) is 6.61 Å².